The van der Waals surface area contributed by atoms with Gasteiger partial charge in [-0.1, -0.05) is 64.6 Å². The number of nitrogens with two attached hydrogens (primary N) is 2. The molecule has 0 aliphatic rings. The number of amides is 7. The van der Waals surface area contributed by atoms with Gasteiger partial charge < -0.3 is 79.5 Å². The molecular weight excluding hydrogens is 828 g/mol. The lowest BCUT2D eigenvalue weighted by molar-refractivity contribution is -0.143. The van der Waals surface area contributed by atoms with E-state index >= 15 is 0 Å². The summed E-state index contributed by atoms with van der Waals surface area (Å²) in [4.78, 5) is 104. The second kappa shape index (κ2) is 27.9. The fourth-order valence-corrected chi connectivity index (χ4v) is 5.80. The molecule has 9 atom stereocenters. The standard InChI is InChI=1S/C40H66N10O13/c1-20(2)15-26(48-38(60)31(42)33(55)21(3)4)35(57)46-25(13-10-14-43-23(6)41)34(56)47-27(16-24-11-8-7-9-12-24)36(58)50-32(22(5)53)39(61)44-17-30(54)45-28(18-51)37(59)49-29(19-52)40(62)63/h7-9,11-12,20-22,25-29,31-33,43,51-53,55H,6,10,13-19,41-42H2,1-5H3,(H,44,61)(H,45,54)(H,46,57)(H,47,56)(H,48,60)(H,49,59)(H,50,58)(H,62,63)/t22-,25+,26-,27-,28-,29-,31-,32-,33+/m0/s1. The number of benzene rings is 1. The minimum Gasteiger partial charge on any atom is -0.480 e. The second-order valence-corrected chi connectivity index (χ2v) is 15.7. The summed E-state index contributed by atoms with van der Waals surface area (Å²) >= 11 is 0. The largest absolute Gasteiger partial charge is 0.480 e. The molecule has 0 heterocycles. The fraction of sp³-hybridized carbons (Fsp3) is 0.600. The first-order valence-corrected chi connectivity index (χ1v) is 20.4. The van der Waals surface area contributed by atoms with Crippen molar-refractivity contribution >= 4 is 47.3 Å². The fourth-order valence-electron chi connectivity index (χ4n) is 5.80. The predicted molar refractivity (Wildman–Crippen MR) is 227 cm³/mol. The van der Waals surface area contributed by atoms with Gasteiger partial charge in [0.05, 0.1) is 37.8 Å². The summed E-state index contributed by atoms with van der Waals surface area (Å²) in [6, 6.07) is -1.98. The summed E-state index contributed by atoms with van der Waals surface area (Å²) < 4.78 is 0. The zero-order chi connectivity index (χ0) is 48.0. The highest BCUT2D eigenvalue weighted by Gasteiger charge is 2.35. The highest BCUT2D eigenvalue weighted by molar-refractivity contribution is 5.97. The number of aliphatic hydroxyl groups is 4. The highest BCUT2D eigenvalue weighted by Crippen LogP contribution is 2.11. The van der Waals surface area contributed by atoms with Gasteiger partial charge in [-0.3, -0.25) is 33.6 Å². The molecule has 0 bridgehead atoms. The molecule has 0 aromatic heterocycles. The molecule has 23 heteroatoms. The van der Waals surface area contributed by atoms with Crippen LogP contribution in [0.4, 0.5) is 0 Å². The van der Waals surface area contributed by atoms with Crippen molar-refractivity contribution in [2.75, 3.05) is 26.3 Å². The lowest BCUT2D eigenvalue weighted by Crippen LogP contribution is -2.61. The third-order valence-electron chi connectivity index (χ3n) is 9.38. The van der Waals surface area contributed by atoms with Gasteiger partial charge in [0.2, 0.25) is 41.4 Å². The molecule has 63 heavy (non-hydrogen) atoms. The number of carboxylic acid groups (broad SMARTS) is 1. The van der Waals surface area contributed by atoms with E-state index in [1.807, 2.05) is 19.2 Å². The number of aliphatic hydroxyl groups excluding tert-OH is 4. The Morgan fingerprint density at radius 3 is 1.71 bits per heavy atom. The molecular formula is C40H66N10O13. The van der Waals surface area contributed by atoms with Gasteiger partial charge >= 0.3 is 5.97 Å². The smallest absolute Gasteiger partial charge is 0.328 e. The molecule has 0 aliphatic carbocycles. The lowest BCUT2D eigenvalue weighted by Gasteiger charge is -2.28. The van der Waals surface area contributed by atoms with E-state index in [1.54, 1.807) is 44.2 Å². The van der Waals surface area contributed by atoms with Crippen LogP contribution in [-0.4, -0.2) is 154 Å². The number of carboxylic acids is 1. The zero-order valence-corrected chi connectivity index (χ0v) is 36.3. The topological polar surface area (TPSA) is 386 Å². The van der Waals surface area contributed by atoms with E-state index in [-0.39, 0.29) is 49.9 Å². The van der Waals surface area contributed by atoms with Gasteiger partial charge in [-0.05, 0) is 43.6 Å². The maximum absolute atomic E-state index is 14.1. The summed E-state index contributed by atoms with van der Waals surface area (Å²) in [6.45, 7) is 9.12. The van der Waals surface area contributed by atoms with Crippen molar-refractivity contribution in [1.82, 2.24) is 42.5 Å². The van der Waals surface area contributed by atoms with Crippen LogP contribution in [0.3, 0.4) is 0 Å². The number of hydrogen-bond donors (Lipinski definition) is 15. The number of rotatable bonds is 29. The SMILES string of the molecule is C=C(N)NCCC[C@@H](NC(=O)[C@H](CC(C)C)NC(=O)[C@@H](N)[C@H](O)C(C)C)C(=O)N[C@@H](Cc1ccccc1)C(=O)N[C@H](C(=O)NCC(=O)N[C@@H](CO)C(=O)N[C@@H](CO)C(=O)O)[C@H](C)O. The van der Waals surface area contributed by atoms with E-state index in [0.717, 1.165) is 0 Å². The van der Waals surface area contributed by atoms with Gasteiger partial charge in [0.1, 0.15) is 42.3 Å². The van der Waals surface area contributed by atoms with Crippen LogP contribution in [0, 0.1) is 11.8 Å². The van der Waals surface area contributed by atoms with E-state index in [9.17, 15) is 53.7 Å². The lowest BCUT2D eigenvalue weighted by atomic mass is 9.98. The third-order valence-corrected chi connectivity index (χ3v) is 9.38. The maximum atomic E-state index is 14.1. The molecule has 1 rings (SSSR count). The van der Waals surface area contributed by atoms with Crippen LogP contribution in [0.1, 0.15) is 59.4 Å². The number of nitrogens with one attached hydrogen (secondary N) is 8. The summed E-state index contributed by atoms with van der Waals surface area (Å²) in [6.07, 6.45) is -2.55. The molecule has 0 aliphatic heterocycles. The van der Waals surface area contributed by atoms with Gasteiger partial charge in [0.25, 0.3) is 0 Å². The summed E-state index contributed by atoms with van der Waals surface area (Å²) in [5, 5.41) is 67.9. The van der Waals surface area contributed by atoms with Crippen molar-refractivity contribution < 1.29 is 63.9 Å². The van der Waals surface area contributed by atoms with Crippen LogP contribution < -0.4 is 54.0 Å². The number of carbonyl (C=O) groups is 8. The Bertz CT molecular complexity index is 1700. The van der Waals surface area contributed by atoms with Crippen molar-refractivity contribution in [2.24, 2.45) is 23.3 Å². The summed E-state index contributed by atoms with van der Waals surface area (Å²) in [7, 11) is 0. The molecule has 1 aromatic carbocycles. The zero-order valence-electron chi connectivity index (χ0n) is 36.3. The molecule has 17 N–H and O–H groups in total. The predicted octanol–water partition coefficient (Wildman–Crippen LogP) is -5.11. The first-order valence-electron chi connectivity index (χ1n) is 20.4. The monoisotopic (exact) mass is 894 g/mol. The van der Waals surface area contributed by atoms with E-state index in [4.69, 9.17) is 21.7 Å². The van der Waals surface area contributed by atoms with E-state index in [0.29, 0.717) is 5.56 Å². The average Bonchev–Trinajstić information content (AvgIpc) is 3.22. The Balaban J connectivity index is 3.34. The van der Waals surface area contributed by atoms with Crippen molar-refractivity contribution in [2.45, 2.75) is 115 Å². The number of carbonyl (C=O) groups excluding carboxylic acids is 7. The number of aliphatic carboxylic acids is 1. The van der Waals surface area contributed by atoms with E-state index in [1.165, 1.54) is 6.92 Å². The summed E-state index contributed by atoms with van der Waals surface area (Å²) in [5.74, 6) is -8.50. The second-order valence-electron chi connectivity index (χ2n) is 15.7. The van der Waals surface area contributed by atoms with Crippen molar-refractivity contribution in [3.63, 3.8) is 0 Å². The minimum atomic E-state index is -1.73. The van der Waals surface area contributed by atoms with Crippen molar-refractivity contribution in [3.8, 4) is 0 Å². The Kier molecular flexibility index (Phi) is 24.5. The molecule has 0 saturated carbocycles. The van der Waals surface area contributed by atoms with Crippen molar-refractivity contribution in [3.05, 3.63) is 48.3 Å². The van der Waals surface area contributed by atoms with Gasteiger partial charge in [0, 0.05) is 13.0 Å². The summed E-state index contributed by atoms with van der Waals surface area (Å²) in [5.41, 5.74) is 12.2. The van der Waals surface area contributed by atoms with Crippen LogP contribution in [-0.2, 0) is 44.8 Å². The van der Waals surface area contributed by atoms with Gasteiger partial charge in [0.15, 0.2) is 0 Å². The maximum Gasteiger partial charge on any atom is 0.328 e. The van der Waals surface area contributed by atoms with Gasteiger partial charge in [-0.2, -0.15) is 0 Å². The Morgan fingerprint density at radius 2 is 1.19 bits per heavy atom. The molecule has 23 nitrogen and oxygen atoms in total. The Hall–Kier alpha value is -5.88. The van der Waals surface area contributed by atoms with Crippen LogP contribution in [0.2, 0.25) is 0 Å². The highest BCUT2D eigenvalue weighted by atomic mass is 16.4. The van der Waals surface area contributed by atoms with Crippen molar-refractivity contribution in [1.29, 1.82) is 0 Å². The minimum absolute atomic E-state index is 0.00735. The number of hydrogen-bond acceptors (Lipinski definition) is 15. The van der Waals surface area contributed by atoms with E-state index < -0.39 is 122 Å². The van der Waals surface area contributed by atoms with Gasteiger partial charge in [-0.15, -0.1) is 0 Å². The van der Waals surface area contributed by atoms with Crippen LogP contribution >= 0.6 is 0 Å². The van der Waals surface area contributed by atoms with Crippen LogP contribution in [0.25, 0.3) is 0 Å². The first-order chi connectivity index (χ1) is 29.5. The molecule has 1 aromatic rings. The van der Waals surface area contributed by atoms with Gasteiger partial charge in [-0.25, -0.2) is 4.79 Å². The molecule has 7 amide bonds. The normalized spacial score (nSPS) is 15.4. The quantitative estimate of drug-likeness (QED) is 0.0335. The van der Waals surface area contributed by atoms with Crippen LogP contribution in [0.5, 0.6) is 0 Å². The average molecular weight is 895 g/mol. The molecule has 354 valence electrons. The van der Waals surface area contributed by atoms with E-state index in [2.05, 4.69) is 43.8 Å². The molecule has 0 spiro atoms. The third kappa shape index (κ3) is 20.2. The first kappa shape index (κ1) is 55.1. The Labute approximate surface area is 365 Å². The molecule has 0 unspecified atom stereocenters. The molecule has 0 fully saturated rings. The Morgan fingerprint density at radius 1 is 0.667 bits per heavy atom. The van der Waals surface area contributed by atoms with Crippen LogP contribution in [0.15, 0.2) is 42.7 Å². The molecule has 0 saturated heterocycles. The molecule has 0 radical (unpaired) electrons.